The van der Waals surface area contributed by atoms with Crippen LogP contribution in [-0.4, -0.2) is 39.9 Å². The van der Waals surface area contributed by atoms with E-state index >= 15 is 0 Å². The number of aromatic amines is 1. The van der Waals surface area contributed by atoms with Crippen LogP contribution >= 0.6 is 0 Å². The van der Waals surface area contributed by atoms with Crippen LogP contribution in [0.5, 0.6) is 17.5 Å². The number of phenolic OH excluding ortho intramolecular Hbond substituents is 1. The molecule has 0 spiro atoms. The second-order valence-electron chi connectivity index (χ2n) is 3.74. The first kappa shape index (κ1) is 13.7. The fraction of sp³-hybridized carbons (Fsp3) is 0.250. The molecule has 106 valence electrons. The Kier molecular flexibility index (Phi) is 4.04. The fourth-order valence-corrected chi connectivity index (χ4v) is 1.49. The van der Waals surface area contributed by atoms with Crippen molar-refractivity contribution in [2.75, 3.05) is 19.0 Å². The molecule has 0 unspecified atom stereocenters. The second-order valence-corrected chi connectivity index (χ2v) is 3.74. The molecule has 20 heavy (non-hydrogen) atoms. The summed E-state index contributed by atoms with van der Waals surface area (Å²) in [6.45, 7) is 2.21. The van der Waals surface area contributed by atoms with Crippen molar-refractivity contribution < 1.29 is 19.4 Å². The van der Waals surface area contributed by atoms with Gasteiger partial charge in [-0.15, -0.1) is 5.10 Å². The van der Waals surface area contributed by atoms with Gasteiger partial charge < -0.3 is 14.6 Å². The molecule has 0 atom stereocenters. The fourth-order valence-electron chi connectivity index (χ4n) is 1.49. The van der Waals surface area contributed by atoms with Crippen LogP contribution in [0.15, 0.2) is 18.2 Å². The number of methoxy groups -OCH3 is 1. The van der Waals surface area contributed by atoms with Crippen LogP contribution in [-0.2, 0) is 0 Å². The standard InChI is InChI=1S/C12H14N4O4/c1-3-20-12-14-11(15-16-12)13-10(18)8-6-7(19-2)4-5-9(8)17/h4-6,17H,3H2,1-2H3,(H2,13,14,15,16,18). The number of rotatable bonds is 5. The zero-order valence-corrected chi connectivity index (χ0v) is 11.0. The molecule has 0 bridgehead atoms. The molecule has 0 aliphatic carbocycles. The first-order valence-corrected chi connectivity index (χ1v) is 5.87. The zero-order chi connectivity index (χ0) is 14.5. The van der Waals surface area contributed by atoms with Gasteiger partial charge in [-0.05, 0) is 25.1 Å². The third kappa shape index (κ3) is 2.97. The molecule has 1 heterocycles. The normalized spacial score (nSPS) is 10.1. The van der Waals surface area contributed by atoms with Gasteiger partial charge in [0.15, 0.2) is 0 Å². The number of carbonyl (C=O) groups excluding carboxylic acids is 1. The van der Waals surface area contributed by atoms with E-state index in [9.17, 15) is 9.90 Å². The smallest absolute Gasteiger partial charge is 0.337 e. The maximum Gasteiger partial charge on any atom is 0.337 e. The number of benzene rings is 1. The monoisotopic (exact) mass is 278 g/mol. The summed E-state index contributed by atoms with van der Waals surface area (Å²) in [5, 5.41) is 18.4. The SMILES string of the molecule is CCOc1n[nH]c(NC(=O)c2cc(OC)ccc2O)n1. The van der Waals surface area contributed by atoms with Gasteiger partial charge in [0.05, 0.1) is 19.3 Å². The summed E-state index contributed by atoms with van der Waals surface area (Å²) in [7, 11) is 1.47. The summed E-state index contributed by atoms with van der Waals surface area (Å²) in [5.41, 5.74) is 0.0682. The largest absolute Gasteiger partial charge is 0.507 e. The number of amides is 1. The van der Waals surface area contributed by atoms with E-state index in [-0.39, 0.29) is 23.3 Å². The quantitative estimate of drug-likeness (QED) is 0.757. The van der Waals surface area contributed by atoms with E-state index in [2.05, 4.69) is 20.5 Å². The average molecular weight is 278 g/mol. The third-order valence-corrected chi connectivity index (χ3v) is 2.42. The van der Waals surface area contributed by atoms with Crippen molar-refractivity contribution in [2.45, 2.75) is 6.92 Å². The molecule has 2 aromatic rings. The Labute approximate surface area is 114 Å². The van der Waals surface area contributed by atoms with Crippen molar-refractivity contribution in [1.82, 2.24) is 15.2 Å². The van der Waals surface area contributed by atoms with Crippen LogP contribution < -0.4 is 14.8 Å². The van der Waals surface area contributed by atoms with Crippen LogP contribution in [0.1, 0.15) is 17.3 Å². The predicted octanol–water partition coefficient (Wildman–Crippen LogP) is 1.17. The zero-order valence-electron chi connectivity index (χ0n) is 11.0. The highest BCUT2D eigenvalue weighted by Gasteiger charge is 2.14. The number of hydrogen-bond donors (Lipinski definition) is 3. The number of nitrogens with zero attached hydrogens (tertiary/aromatic N) is 2. The summed E-state index contributed by atoms with van der Waals surface area (Å²) in [4.78, 5) is 15.9. The Morgan fingerprint density at radius 1 is 1.50 bits per heavy atom. The predicted molar refractivity (Wildman–Crippen MR) is 70.2 cm³/mol. The maximum atomic E-state index is 12.0. The summed E-state index contributed by atoms with van der Waals surface area (Å²) in [6.07, 6.45) is 0. The van der Waals surface area contributed by atoms with Gasteiger partial charge in [0.25, 0.3) is 5.91 Å². The number of carbonyl (C=O) groups is 1. The summed E-state index contributed by atoms with van der Waals surface area (Å²) < 4.78 is 10.1. The summed E-state index contributed by atoms with van der Waals surface area (Å²) >= 11 is 0. The Morgan fingerprint density at radius 3 is 3.00 bits per heavy atom. The molecule has 0 fully saturated rings. The number of phenols is 1. The molecule has 8 heteroatoms. The highest BCUT2D eigenvalue weighted by molar-refractivity contribution is 6.05. The number of anilines is 1. The maximum absolute atomic E-state index is 12.0. The van der Waals surface area contributed by atoms with Crippen molar-refractivity contribution in [1.29, 1.82) is 0 Å². The van der Waals surface area contributed by atoms with Gasteiger partial charge in [-0.1, -0.05) is 0 Å². The van der Waals surface area contributed by atoms with Crippen LogP contribution in [0.4, 0.5) is 5.95 Å². The highest BCUT2D eigenvalue weighted by Crippen LogP contribution is 2.23. The van der Waals surface area contributed by atoms with Gasteiger partial charge in [-0.3, -0.25) is 10.1 Å². The Hall–Kier alpha value is -2.77. The molecule has 0 radical (unpaired) electrons. The van der Waals surface area contributed by atoms with Gasteiger partial charge in [-0.25, -0.2) is 5.10 Å². The molecule has 1 aromatic heterocycles. The molecule has 1 amide bonds. The molecular weight excluding hydrogens is 264 g/mol. The Balaban J connectivity index is 2.14. The van der Waals surface area contributed by atoms with Gasteiger partial charge in [-0.2, -0.15) is 4.98 Å². The van der Waals surface area contributed by atoms with E-state index in [0.717, 1.165) is 0 Å². The van der Waals surface area contributed by atoms with Gasteiger partial charge in [0, 0.05) is 0 Å². The molecule has 3 N–H and O–H groups in total. The van der Waals surface area contributed by atoms with Gasteiger partial charge in [0.2, 0.25) is 5.95 Å². The minimum Gasteiger partial charge on any atom is -0.507 e. The van der Waals surface area contributed by atoms with Crippen LogP contribution in [0.2, 0.25) is 0 Å². The van der Waals surface area contributed by atoms with E-state index in [1.807, 2.05) is 0 Å². The van der Waals surface area contributed by atoms with E-state index in [1.165, 1.54) is 19.2 Å². The van der Waals surface area contributed by atoms with Crippen LogP contribution in [0.3, 0.4) is 0 Å². The van der Waals surface area contributed by atoms with Crippen LogP contribution in [0, 0.1) is 0 Å². The topological polar surface area (TPSA) is 109 Å². The number of H-pyrrole nitrogens is 1. The van der Waals surface area contributed by atoms with Crippen molar-refractivity contribution >= 4 is 11.9 Å². The van der Waals surface area contributed by atoms with Crippen molar-refractivity contribution in [3.63, 3.8) is 0 Å². The number of nitrogens with one attached hydrogen (secondary N) is 2. The minimum absolute atomic E-state index is 0.0682. The molecule has 0 aliphatic rings. The van der Waals surface area contributed by atoms with E-state index in [1.54, 1.807) is 13.0 Å². The first-order valence-electron chi connectivity index (χ1n) is 5.87. The van der Waals surface area contributed by atoms with Gasteiger partial charge >= 0.3 is 6.01 Å². The molecule has 0 saturated carbocycles. The second kappa shape index (κ2) is 5.91. The molecule has 2 rings (SSSR count). The number of aromatic hydroxyl groups is 1. The van der Waals surface area contributed by atoms with Crippen molar-refractivity contribution in [3.05, 3.63) is 23.8 Å². The van der Waals surface area contributed by atoms with E-state index in [0.29, 0.717) is 12.4 Å². The lowest BCUT2D eigenvalue weighted by Crippen LogP contribution is -2.13. The molecule has 8 nitrogen and oxygen atoms in total. The molecule has 0 saturated heterocycles. The molecular formula is C12H14N4O4. The van der Waals surface area contributed by atoms with E-state index < -0.39 is 5.91 Å². The minimum atomic E-state index is -0.541. The Morgan fingerprint density at radius 2 is 2.30 bits per heavy atom. The lowest BCUT2D eigenvalue weighted by atomic mass is 10.2. The molecule has 0 aliphatic heterocycles. The Bertz CT molecular complexity index is 611. The number of ether oxygens (including phenoxy) is 2. The van der Waals surface area contributed by atoms with Crippen molar-refractivity contribution in [3.8, 4) is 17.5 Å². The number of aromatic nitrogens is 3. The van der Waals surface area contributed by atoms with Crippen molar-refractivity contribution in [2.24, 2.45) is 0 Å². The first-order chi connectivity index (χ1) is 9.63. The summed E-state index contributed by atoms with van der Waals surface area (Å²) in [5.74, 6) is -0.116. The van der Waals surface area contributed by atoms with Crippen LogP contribution in [0.25, 0.3) is 0 Å². The third-order valence-electron chi connectivity index (χ3n) is 2.42. The lowest BCUT2D eigenvalue weighted by Gasteiger charge is -2.06. The number of hydrogen-bond acceptors (Lipinski definition) is 6. The highest BCUT2D eigenvalue weighted by atomic mass is 16.5. The average Bonchev–Trinajstić information content (AvgIpc) is 2.87. The van der Waals surface area contributed by atoms with Gasteiger partial charge in [0.1, 0.15) is 11.5 Å². The van der Waals surface area contributed by atoms with E-state index in [4.69, 9.17) is 9.47 Å². The summed E-state index contributed by atoms with van der Waals surface area (Å²) in [6, 6.07) is 4.48. The molecule has 1 aromatic carbocycles. The lowest BCUT2D eigenvalue weighted by molar-refractivity contribution is 0.102.